The van der Waals surface area contributed by atoms with Crippen LogP contribution in [0.3, 0.4) is 0 Å². The van der Waals surface area contributed by atoms with Gasteiger partial charge in [-0.15, -0.1) is 11.8 Å². The summed E-state index contributed by atoms with van der Waals surface area (Å²) < 4.78 is 17.2. The second-order valence-electron chi connectivity index (χ2n) is 10.3. The van der Waals surface area contributed by atoms with Crippen molar-refractivity contribution in [2.24, 2.45) is 0 Å². The van der Waals surface area contributed by atoms with Crippen molar-refractivity contribution in [3.63, 3.8) is 0 Å². The Morgan fingerprint density at radius 1 is 0.842 bits per heavy atom. The fraction of sp³-hybridized carbons (Fsp3) is 0.281. The molecule has 2 bridgehead atoms. The third-order valence-corrected chi connectivity index (χ3v) is 8.96. The molecule has 3 aliphatic rings. The smallest absolute Gasteiger partial charge is 0.254 e. The summed E-state index contributed by atoms with van der Waals surface area (Å²) in [7, 11) is 0. The molecule has 0 aliphatic carbocycles. The van der Waals surface area contributed by atoms with Gasteiger partial charge < -0.3 is 19.1 Å². The van der Waals surface area contributed by atoms with Crippen LogP contribution in [0, 0.1) is 0 Å². The molecule has 0 aromatic heterocycles. The molecule has 1 amide bonds. The third kappa shape index (κ3) is 4.58. The molecule has 6 heteroatoms. The number of hydrogen-bond donors (Lipinski definition) is 0. The predicted molar refractivity (Wildman–Crippen MR) is 149 cm³/mol. The van der Waals surface area contributed by atoms with Crippen LogP contribution in [0.15, 0.2) is 89.8 Å². The third-order valence-electron chi connectivity index (χ3n) is 7.90. The molecule has 0 radical (unpaired) electrons. The standard InChI is InChI=1S/C32H29NO4S/c34-32(23-7-5-21(6-8-23)19-38-29-13-9-22-3-1-2-4-24(22)15-29)33-25-10-11-26(33)17-28(16-25)37-27-12-14-30-31(18-27)36-20-35-30/h1-9,12-15,18,25-26,28H,10-11,16-17,19-20H2. The van der Waals surface area contributed by atoms with E-state index in [1.807, 2.05) is 42.1 Å². The largest absolute Gasteiger partial charge is 0.490 e. The van der Waals surface area contributed by atoms with Crippen LogP contribution in [0.25, 0.3) is 10.8 Å². The van der Waals surface area contributed by atoms with E-state index in [-0.39, 0.29) is 30.9 Å². The first kappa shape index (κ1) is 23.5. The molecule has 3 aliphatic heterocycles. The lowest BCUT2D eigenvalue weighted by molar-refractivity contribution is 0.0358. The maximum absolute atomic E-state index is 13.5. The molecule has 3 heterocycles. The van der Waals surface area contributed by atoms with Gasteiger partial charge in [-0.25, -0.2) is 0 Å². The van der Waals surface area contributed by atoms with E-state index >= 15 is 0 Å². The van der Waals surface area contributed by atoms with Crippen molar-refractivity contribution in [2.45, 2.75) is 54.5 Å². The van der Waals surface area contributed by atoms with Gasteiger partial charge in [-0.05, 0) is 65.6 Å². The monoisotopic (exact) mass is 523 g/mol. The van der Waals surface area contributed by atoms with Crippen LogP contribution in [-0.2, 0) is 5.75 Å². The Kier molecular flexibility index (Phi) is 6.12. The molecular formula is C32H29NO4S. The normalized spacial score (nSPS) is 21.6. The molecular weight excluding hydrogens is 494 g/mol. The highest BCUT2D eigenvalue weighted by molar-refractivity contribution is 7.98. The van der Waals surface area contributed by atoms with E-state index in [9.17, 15) is 4.79 Å². The van der Waals surface area contributed by atoms with Gasteiger partial charge in [0.2, 0.25) is 6.79 Å². The molecule has 5 nitrogen and oxygen atoms in total. The molecule has 2 atom stereocenters. The van der Waals surface area contributed by atoms with Crippen LogP contribution >= 0.6 is 11.8 Å². The summed E-state index contributed by atoms with van der Waals surface area (Å²) in [6.45, 7) is 0.258. The molecule has 4 aromatic rings. The van der Waals surface area contributed by atoms with Crippen molar-refractivity contribution in [3.05, 3.63) is 96.1 Å². The van der Waals surface area contributed by atoms with Crippen LogP contribution < -0.4 is 14.2 Å². The highest BCUT2D eigenvalue weighted by Gasteiger charge is 2.44. The van der Waals surface area contributed by atoms with Gasteiger partial charge in [0.15, 0.2) is 11.5 Å². The molecule has 7 rings (SSSR count). The summed E-state index contributed by atoms with van der Waals surface area (Å²) in [5, 5.41) is 2.52. The van der Waals surface area contributed by atoms with Crippen LogP contribution in [0.2, 0.25) is 0 Å². The number of ether oxygens (including phenoxy) is 3. The van der Waals surface area contributed by atoms with E-state index in [0.29, 0.717) is 0 Å². The highest BCUT2D eigenvalue weighted by Crippen LogP contribution is 2.40. The van der Waals surface area contributed by atoms with Gasteiger partial charge in [0.05, 0.1) is 0 Å². The SMILES string of the molecule is O=C(c1ccc(CSc2ccc3ccccc3c2)cc1)N1C2CCC1CC(Oc1ccc3c(c1)OCO3)C2. The van der Waals surface area contributed by atoms with Crippen molar-refractivity contribution >= 4 is 28.4 Å². The first-order valence-electron chi connectivity index (χ1n) is 13.3. The molecule has 38 heavy (non-hydrogen) atoms. The first-order valence-corrected chi connectivity index (χ1v) is 14.3. The number of carbonyl (C=O) groups excluding carboxylic acids is 1. The Bertz CT molecular complexity index is 1470. The highest BCUT2D eigenvalue weighted by atomic mass is 32.2. The lowest BCUT2D eigenvalue weighted by Crippen LogP contribution is -2.49. The van der Waals surface area contributed by atoms with Crippen LogP contribution in [0.4, 0.5) is 0 Å². The number of nitrogens with zero attached hydrogens (tertiary/aromatic N) is 1. The minimum atomic E-state index is 0.103. The van der Waals surface area contributed by atoms with Crippen molar-refractivity contribution in [1.82, 2.24) is 4.90 Å². The van der Waals surface area contributed by atoms with Crippen molar-refractivity contribution in [2.75, 3.05) is 6.79 Å². The Hall–Kier alpha value is -3.64. The minimum Gasteiger partial charge on any atom is -0.490 e. The average Bonchev–Trinajstić information content (AvgIpc) is 3.53. The van der Waals surface area contributed by atoms with E-state index in [4.69, 9.17) is 14.2 Å². The molecule has 192 valence electrons. The zero-order valence-electron chi connectivity index (χ0n) is 21.0. The van der Waals surface area contributed by atoms with Crippen molar-refractivity contribution in [1.29, 1.82) is 0 Å². The predicted octanol–water partition coefficient (Wildman–Crippen LogP) is 7.08. The van der Waals surface area contributed by atoms with Crippen molar-refractivity contribution < 1.29 is 19.0 Å². The van der Waals surface area contributed by atoms with Crippen LogP contribution in [0.5, 0.6) is 17.2 Å². The van der Waals surface area contributed by atoms with Crippen LogP contribution in [-0.4, -0.2) is 35.8 Å². The van der Waals surface area contributed by atoms with E-state index in [1.165, 1.54) is 21.2 Å². The molecule has 4 aromatic carbocycles. The van der Waals surface area contributed by atoms with E-state index < -0.39 is 0 Å². The van der Waals surface area contributed by atoms with Gasteiger partial charge in [0, 0.05) is 47.2 Å². The van der Waals surface area contributed by atoms with Gasteiger partial charge in [-0.2, -0.15) is 0 Å². The fourth-order valence-corrected chi connectivity index (χ4v) is 6.91. The topological polar surface area (TPSA) is 48.0 Å². The first-order chi connectivity index (χ1) is 18.7. The summed E-state index contributed by atoms with van der Waals surface area (Å²) in [5.74, 6) is 3.32. The minimum absolute atomic E-state index is 0.103. The summed E-state index contributed by atoms with van der Waals surface area (Å²) in [5.41, 5.74) is 2.00. The number of rotatable bonds is 6. The fourth-order valence-electron chi connectivity index (χ4n) is 6.01. The maximum Gasteiger partial charge on any atom is 0.254 e. The van der Waals surface area contributed by atoms with E-state index in [1.54, 1.807) is 0 Å². The molecule has 2 fully saturated rings. The number of fused-ring (bicyclic) bond motifs is 4. The zero-order chi connectivity index (χ0) is 25.5. The number of carbonyl (C=O) groups is 1. The number of hydrogen-bond acceptors (Lipinski definition) is 5. The van der Waals surface area contributed by atoms with Gasteiger partial charge in [-0.3, -0.25) is 4.79 Å². The lowest BCUT2D eigenvalue weighted by atomic mass is 9.98. The van der Waals surface area contributed by atoms with E-state index in [2.05, 4.69) is 59.5 Å². The average molecular weight is 524 g/mol. The van der Waals surface area contributed by atoms with Gasteiger partial charge >= 0.3 is 0 Å². The zero-order valence-corrected chi connectivity index (χ0v) is 21.9. The molecule has 0 N–H and O–H groups in total. The molecule has 2 unspecified atom stereocenters. The summed E-state index contributed by atoms with van der Waals surface area (Å²) in [4.78, 5) is 16.9. The van der Waals surface area contributed by atoms with Gasteiger partial charge in [0.25, 0.3) is 5.91 Å². The summed E-state index contributed by atoms with van der Waals surface area (Å²) >= 11 is 1.82. The second kappa shape index (κ2) is 9.91. The maximum atomic E-state index is 13.5. The number of thioether (sulfide) groups is 1. The summed E-state index contributed by atoms with van der Waals surface area (Å²) in [6.07, 6.45) is 3.90. The molecule has 2 saturated heterocycles. The Balaban J connectivity index is 0.973. The quantitative estimate of drug-likeness (QED) is 0.253. The Morgan fingerprint density at radius 3 is 2.42 bits per heavy atom. The Labute approximate surface area is 226 Å². The molecule has 0 saturated carbocycles. The Morgan fingerprint density at radius 2 is 1.61 bits per heavy atom. The lowest BCUT2D eigenvalue weighted by Gasteiger charge is -2.39. The molecule has 0 spiro atoms. The van der Waals surface area contributed by atoms with Crippen molar-refractivity contribution in [3.8, 4) is 17.2 Å². The second-order valence-corrected chi connectivity index (χ2v) is 11.4. The van der Waals surface area contributed by atoms with Gasteiger partial charge in [-0.1, -0.05) is 42.5 Å². The summed E-state index contributed by atoms with van der Waals surface area (Å²) in [6, 6.07) is 29.4. The number of benzene rings is 4. The van der Waals surface area contributed by atoms with Gasteiger partial charge in [0.1, 0.15) is 11.9 Å². The number of amides is 1. The van der Waals surface area contributed by atoms with Crippen LogP contribution in [0.1, 0.15) is 41.6 Å². The van der Waals surface area contributed by atoms with E-state index in [0.717, 1.165) is 54.2 Å². The number of piperidine rings is 1.